The third kappa shape index (κ3) is 2.28. The van der Waals surface area contributed by atoms with Gasteiger partial charge in [-0.25, -0.2) is 0 Å². The number of carboxylic acid groups (broad SMARTS) is 1. The van der Waals surface area contributed by atoms with Gasteiger partial charge in [0, 0.05) is 11.8 Å². The van der Waals surface area contributed by atoms with Crippen LogP contribution in [0.1, 0.15) is 13.8 Å². The standard InChI is InChI=1S/C15H16N2O5/c1-15(2)11(12(15)14(20)21)13(19)16-7-3-4-8-9(5-7)22-6-10(18)17-8/h3-5,11-12H,6H2,1-2H3,(H,16,19)(H,17,18)(H,20,21). The Morgan fingerprint density at radius 1 is 1.36 bits per heavy atom. The Kier molecular flexibility index (Phi) is 3.09. The molecule has 1 aromatic carbocycles. The minimum atomic E-state index is -0.957. The lowest BCUT2D eigenvalue weighted by atomic mass is 10.1. The highest BCUT2D eigenvalue weighted by Crippen LogP contribution is 2.58. The maximum Gasteiger partial charge on any atom is 0.307 e. The van der Waals surface area contributed by atoms with Gasteiger partial charge in [-0.3, -0.25) is 14.4 Å². The largest absolute Gasteiger partial charge is 0.482 e. The van der Waals surface area contributed by atoms with E-state index in [4.69, 9.17) is 9.84 Å². The summed E-state index contributed by atoms with van der Waals surface area (Å²) in [4.78, 5) is 34.6. The van der Waals surface area contributed by atoms with Crippen LogP contribution in [0.5, 0.6) is 5.75 Å². The van der Waals surface area contributed by atoms with Crippen LogP contribution in [0.15, 0.2) is 18.2 Å². The summed E-state index contributed by atoms with van der Waals surface area (Å²) < 4.78 is 5.28. The van der Waals surface area contributed by atoms with Gasteiger partial charge in [0.1, 0.15) is 5.75 Å². The number of benzene rings is 1. The molecule has 3 N–H and O–H groups in total. The van der Waals surface area contributed by atoms with Crippen molar-refractivity contribution in [3.05, 3.63) is 18.2 Å². The lowest BCUT2D eigenvalue weighted by Crippen LogP contribution is -2.25. The molecule has 1 fully saturated rings. The smallest absolute Gasteiger partial charge is 0.307 e. The highest BCUT2D eigenvalue weighted by atomic mass is 16.5. The molecule has 1 saturated carbocycles. The normalized spacial score (nSPS) is 24.5. The molecule has 0 bridgehead atoms. The molecule has 22 heavy (non-hydrogen) atoms. The fraction of sp³-hybridized carbons (Fsp3) is 0.400. The van der Waals surface area contributed by atoms with Crippen LogP contribution >= 0.6 is 0 Å². The molecule has 2 unspecified atom stereocenters. The summed E-state index contributed by atoms with van der Waals surface area (Å²) in [7, 11) is 0. The van der Waals surface area contributed by atoms with Gasteiger partial charge in [-0.1, -0.05) is 13.8 Å². The molecule has 0 aromatic heterocycles. The molecular formula is C15H16N2O5. The van der Waals surface area contributed by atoms with Crippen LogP contribution in [0.25, 0.3) is 0 Å². The van der Waals surface area contributed by atoms with Gasteiger partial charge in [0.05, 0.1) is 17.5 Å². The van der Waals surface area contributed by atoms with Crippen LogP contribution in [0.3, 0.4) is 0 Å². The van der Waals surface area contributed by atoms with Gasteiger partial charge in [0.25, 0.3) is 5.91 Å². The number of anilines is 2. The topological polar surface area (TPSA) is 105 Å². The second-order valence-corrected chi connectivity index (χ2v) is 6.15. The van der Waals surface area contributed by atoms with E-state index in [1.807, 2.05) is 0 Å². The van der Waals surface area contributed by atoms with Crippen LogP contribution in [0.4, 0.5) is 11.4 Å². The Morgan fingerprint density at radius 2 is 2.09 bits per heavy atom. The predicted molar refractivity (Wildman–Crippen MR) is 77.6 cm³/mol. The molecule has 0 saturated heterocycles. The number of carboxylic acids is 1. The van der Waals surface area contributed by atoms with Crippen molar-refractivity contribution in [2.24, 2.45) is 17.3 Å². The number of carbonyl (C=O) groups is 3. The number of fused-ring (bicyclic) bond motifs is 1. The van der Waals surface area contributed by atoms with Crippen molar-refractivity contribution in [3.63, 3.8) is 0 Å². The summed E-state index contributed by atoms with van der Waals surface area (Å²) in [5, 5.41) is 14.5. The Bertz CT molecular complexity index is 683. The quantitative estimate of drug-likeness (QED) is 0.781. The maximum atomic E-state index is 12.2. The molecule has 0 spiro atoms. The lowest BCUT2D eigenvalue weighted by Gasteiger charge is -2.18. The molecule has 7 nitrogen and oxygen atoms in total. The number of hydrogen-bond donors (Lipinski definition) is 3. The molecule has 1 aliphatic heterocycles. The first-order valence-corrected chi connectivity index (χ1v) is 6.91. The molecule has 1 aliphatic carbocycles. The first-order valence-electron chi connectivity index (χ1n) is 6.91. The Labute approximate surface area is 126 Å². The minimum Gasteiger partial charge on any atom is -0.482 e. The van der Waals surface area contributed by atoms with E-state index in [9.17, 15) is 14.4 Å². The minimum absolute atomic E-state index is 0.0683. The van der Waals surface area contributed by atoms with E-state index in [1.165, 1.54) is 0 Å². The van der Waals surface area contributed by atoms with Crippen molar-refractivity contribution in [3.8, 4) is 5.75 Å². The second-order valence-electron chi connectivity index (χ2n) is 6.15. The molecule has 1 heterocycles. The van der Waals surface area contributed by atoms with Gasteiger partial charge in [-0.2, -0.15) is 0 Å². The van der Waals surface area contributed by atoms with Crippen molar-refractivity contribution < 1.29 is 24.2 Å². The fourth-order valence-corrected chi connectivity index (χ4v) is 2.96. The first-order chi connectivity index (χ1) is 10.3. The SMILES string of the molecule is CC1(C)C(C(=O)O)C1C(=O)Nc1ccc2c(c1)OCC(=O)N2. The highest BCUT2D eigenvalue weighted by Gasteiger charge is 2.65. The van der Waals surface area contributed by atoms with Crippen molar-refractivity contribution in [2.75, 3.05) is 17.2 Å². The number of amides is 2. The first kappa shape index (κ1) is 14.4. The average molecular weight is 304 g/mol. The Hall–Kier alpha value is -2.57. The number of rotatable bonds is 3. The lowest BCUT2D eigenvalue weighted by molar-refractivity contribution is -0.140. The molecule has 2 amide bonds. The van der Waals surface area contributed by atoms with Crippen LogP contribution in [-0.2, 0) is 14.4 Å². The number of nitrogens with one attached hydrogen (secondary N) is 2. The molecule has 2 aliphatic rings. The number of aliphatic carboxylic acids is 1. The molecule has 1 aromatic rings. The van der Waals surface area contributed by atoms with Gasteiger partial charge in [-0.15, -0.1) is 0 Å². The van der Waals surface area contributed by atoms with Gasteiger partial charge in [0.2, 0.25) is 5.91 Å². The third-order valence-electron chi connectivity index (χ3n) is 4.26. The molecule has 2 atom stereocenters. The molecule has 3 rings (SSSR count). The second kappa shape index (κ2) is 4.72. The Balaban J connectivity index is 1.73. The van der Waals surface area contributed by atoms with Gasteiger partial charge in [0.15, 0.2) is 6.61 Å². The monoisotopic (exact) mass is 304 g/mol. The van der Waals surface area contributed by atoms with E-state index in [2.05, 4.69) is 10.6 Å². The van der Waals surface area contributed by atoms with Crippen molar-refractivity contribution in [2.45, 2.75) is 13.8 Å². The van der Waals surface area contributed by atoms with Crippen LogP contribution in [0, 0.1) is 17.3 Å². The molecule has 116 valence electrons. The number of ether oxygens (including phenoxy) is 1. The van der Waals surface area contributed by atoms with Crippen molar-refractivity contribution in [1.82, 2.24) is 0 Å². The van der Waals surface area contributed by atoms with Crippen molar-refractivity contribution >= 4 is 29.2 Å². The third-order valence-corrected chi connectivity index (χ3v) is 4.26. The van der Waals surface area contributed by atoms with Gasteiger partial charge >= 0.3 is 5.97 Å². The maximum absolute atomic E-state index is 12.2. The van der Waals surface area contributed by atoms with Gasteiger partial charge < -0.3 is 20.5 Å². The Morgan fingerprint density at radius 3 is 2.73 bits per heavy atom. The van der Waals surface area contributed by atoms with E-state index >= 15 is 0 Å². The summed E-state index contributed by atoms with van der Waals surface area (Å²) in [6, 6.07) is 4.88. The highest BCUT2D eigenvalue weighted by molar-refractivity contribution is 6.01. The summed E-state index contributed by atoms with van der Waals surface area (Å²) in [6.45, 7) is 3.46. The van der Waals surface area contributed by atoms with E-state index in [-0.39, 0.29) is 18.4 Å². The van der Waals surface area contributed by atoms with E-state index in [0.717, 1.165) is 0 Å². The van der Waals surface area contributed by atoms with Gasteiger partial charge in [-0.05, 0) is 17.5 Å². The summed E-state index contributed by atoms with van der Waals surface area (Å²) in [5.74, 6) is -2.25. The summed E-state index contributed by atoms with van der Waals surface area (Å²) in [5.41, 5.74) is 0.505. The predicted octanol–water partition coefficient (Wildman–Crippen LogP) is 1.31. The zero-order chi connectivity index (χ0) is 16.1. The zero-order valence-electron chi connectivity index (χ0n) is 12.2. The molecular weight excluding hydrogens is 288 g/mol. The van der Waals surface area contributed by atoms with Crippen molar-refractivity contribution in [1.29, 1.82) is 0 Å². The fourth-order valence-electron chi connectivity index (χ4n) is 2.96. The van der Waals surface area contributed by atoms with E-state index in [1.54, 1.807) is 32.0 Å². The van der Waals surface area contributed by atoms with Crippen LogP contribution in [0.2, 0.25) is 0 Å². The number of hydrogen-bond acceptors (Lipinski definition) is 4. The summed E-state index contributed by atoms with van der Waals surface area (Å²) in [6.07, 6.45) is 0. The number of carbonyl (C=O) groups excluding carboxylic acids is 2. The average Bonchev–Trinajstić information content (AvgIpc) is 3.02. The molecule has 7 heteroatoms. The van der Waals surface area contributed by atoms with Crippen LogP contribution in [-0.4, -0.2) is 29.5 Å². The van der Waals surface area contributed by atoms with E-state index < -0.39 is 23.2 Å². The van der Waals surface area contributed by atoms with Crippen LogP contribution < -0.4 is 15.4 Å². The summed E-state index contributed by atoms with van der Waals surface area (Å²) >= 11 is 0. The zero-order valence-corrected chi connectivity index (χ0v) is 12.2. The molecule has 0 radical (unpaired) electrons. The van der Waals surface area contributed by atoms with E-state index in [0.29, 0.717) is 17.1 Å².